The molecule has 4 nitrogen and oxygen atoms in total. The molecule has 1 aromatic heterocycles. The van der Waals surface area contributed by atoms with Crippen LogP contribution in [0.5, 0.6) is 0 Å². The molecule has 0 aliphatic carbocycles. The summed E-state index contributed by atoms with van der Waals surface area (Å²) in [6, 6.07) is 0.521. The second-order valence-electron chi connectivity index (χ2n) is 3.43. The van der Waals surface area contributed by atoms with Crippen LogP contribution >= 0.6 is 11.8 Å². The number of hydrogen-bond acceptors (Lipinski definition) is 4. The number of aromatic nitrogens is 3. The van der Waals surface area contributed by atoms with E-state index in [0.717, 1.165) is 11.4 Å². The number of nitrogens with zero attached hydrogens (tertiary/aromatic N) is 3. The van der Waals surface area contributed by atoms with Gasteiger partial charge in [0, 0.05) is 11.8 Å². The van der Waals surface area contributed by atoms with Crippen molar-refractivity contribution in [1.29, 1.82) is 0 Å². The van der Waals surface area contributed by atoms with E-state index in [4.69, 9.17) is 5.73 Å². The molecule has 1 saturated heterocycles. The summed E-state index contributed by atoms with van der Waals surface area (Å²) in [6.45, 7) is 1.93. The smallest absolute Gasteiger partial charge is 0.0991 e. The van der Waals surface area contributed by atoms with Crippen molar-refractivity contribution in [3.63, 3.8) is 0 Å². The van der Waals surface area contributed by atoms with Crippen molar-refractivity contribution in [2.75, 3.05) is 11.5 Å². The van der Waals surface area contributed by atoms with Gasteiger partial charge in [0.05, 0.1) is 17.9 Å². The number of nitrogens with two attached hydrogens (primary N) is 1. The van der Waals surface area contributed by atoms with E-state index in [1.165, 1.54) is 12.2 Å². The molecule has 0 spiro atoms. The Kier molecular flexibility index (Phi) is 2.55. The first-order chi connectivity index (χ1) is 6.27. The summed E-state index contributed by atoms with van der Waals surface area (Å²) in [7, 11) is 0. The molecule has 0 aromatic carbocycles. The molecule has 2 atom stereocenters. The SMILES string of the molecule is CC(N)c1cn(C2CCSC2)nn1. The first kappa shape index (κ1) is 9.02. The topological polar surface area (TPSA) is 56.7 Å². The van der Waals surface area contributed by atoms with Crippen LogP contribution in [-0.2, 0) is 0 Å². The van der Waals surface area contributed by atoms with E-state index >= 15 is 0 Å². The molecule has 1 aromatic rings. The fourth-order valence-electron chi connectivity index (χ4n) is 1.41. The fraction of sp³-hybridized carbons (Fsp3) is 0.750. The summed E-state index contributed by atoms with van der Waals surface area (Å²) in [4.78, 5) is 0. The van der Waals surface area contributed by atoms with E-state index in [2.05, 4.69) is 10.3 Å². The second kappa shape index (κ2) is 3.67. The van der Waals surface area contributed by atoms with Crippen LogP contribution in [0.4, 0.5) is 0 Å². The van der Waals surface area contributed by atoms with Crippen LogP contribution in [0.15, 0.2) is 6.20 Å². The zero-order chi connectivity index (χ0) is 9.26. The lowest BCUT2D eigenvalue weighted by Crippen LogP contribution is -2.08. The standard InChI is InChI=1S/C8H14N4S/c1-6(9)8-4-12(11-10-8)7-2-3-13-5-7/h4,6-7H,2-3,5,9H2,1H3. The third-order valence-corrected chi connectivity index (χ3v) is 3.42. The van der Waals surface area contributed by atoms with Gasteiger partial charge in [-0.05, 0) is 19.1 Å². The molecule has 1 aliphatic heterocycles. The molecule has 72 valence electrons. The Morgan fingerprint density at radius 1 is 1.77 bits per heavy atom. The van der Waals surface area contributed by atoms with Crippen LogP contribution in [-0.4, -0.2) is 26.5 Å². The van der Waals surface area contributed by atoms with Gasteiger partial charge < -0.3 is 5.73 Å². The highest BCUT2D eigenvalue weighted by Gasteiger charge is 2.19. The molecular formula is C8H14N4S. The molecule has 2 N–H and O–H groups in total. The molecule has 0 radical (unpaired) electrons. The molecule has 2 heterocycles. The molecule has 0 bridgehead atoms. The minimum absolute atomic E-state index is 0.0113. The van der Waals surface area contributed by atoms with Crippen LogP contribution in [0.2, 0.25) is 0 Å². The molecule has 0 amide bonds. The maximum atomic E-state index is 5.70. The molecular weight excluding hydrogens is 184 g/mol. The Balaban J connectivity index is 2.12. The fourth-order valence-corrected chi connectivity index (χ4v) is 2.61. The molecule has 5 heteroatoms. The highest BCUT2D eigenvalue weighted by molar-refractivity contribution is 7.99. The Hall–Kier alpha value is -0.550. The van der Waals surface area contributed by atoms with E-state index in [1.54, 1.807) is 0 Å². The van der Waals surface area contributed by atoms with Crippen molar-refractivity contribution in [3.8, 4) is 0 Å². The summed E-state index contributed by atoms with van der Waals surface area (Å²) in [5.41, 5.74) is 6.59. The maximum absolute atomic E-state index is 5.70. The van der Waals surface area contributed by atoms with E-state index in [9.17, 15) is 0 Å². The predicted molar refractivity (Wildman–Crippen MR) is 53.6 cm³/mol. The molecule has 1 aliphatic rings. The third-order valence-electron chi connectivity index (χ3n) is 2.27. The first-order valence-corrected chi connectivity index (χ1v) is 5.68. The van der Waals surface area contributed by atoms with E-state index < -0.39 is 0 Å². The van der Waals surface area contributed by atoms with Gasteiger partial charge in [0.15, 0.2) is 0 Å². The third kappa shape index (κ3) is 1.86. The lowest BCUT2D eigenvalue weighted by atomic mass is 10.2. The second-order valence-corrected chi connectivity index (χ2v) is 4.58. The summed E-state index contributed by atoms with van der Waals surface area (Å²) in [6.07, 6.45) is 3.17. The van der Waals surface area contributed by atoms with Gasteiger partial charge in [0.2, 0.25) is 0 Å². The number of rotatable bonds is 2. The highest BCUT2D eigenvalue weighted by atomic mass is 32.2. The van der Waals surface area contributed by atoms with Gasteiger partial charge in [0.1, 0.15) is 0 Å². The molecule has 2 unspecified atom stereocenters. The quantitative estimate of drug-likeness (QED) is 0.769. The van der Waals surface area contributed by atoms with E-state index in [1.807, 2.05) is 29.6 Å². The minimum atomic E-state index is -0.0113. The zero-order valence-corrected chi connectivity index (χ0v) is 8.50. The highest BCUT2D eigenvalue weighted by Crippen LogP contribution is 2.27. The van der Waals surface area contributed by atoms with Gasteiger partial charge in [-0.3, -0.25) is 0 Å². The summed E-state index contributed by atoms with van der Waals surface area (Å²) < 4.78 is 1.96. The summed E-state index contributed by atoms with van der Waals surface area (Å²) >= 11 is 1.97. The van der Waals surface area contributed by atoms with Crippen molar-refractivity contribution in [2.24, 2.45) is 5.73 Å². The molecule has 2 rings (SSSR count). The van der Waals surface area contributed by atoms with Crippen molar-refractivity contribution in [2.45, 2.75) is 25.4 Å². The van der Waals surface area contributed by atoms with Crippen molar-refractivity contribution in [3.05, 3.63) is 11.9 Å². The molecule has 13 heavy (non-hydrogen) atoms. The Bertz CT molecular complexity index is 277. The van der Waals surface area contributed by atoms with Crippen molar-refractivity contribution >= 4 is 11.8 Å². The predicted octanol–water partition coefficient (Wildman–Crippen LogP) is 0.976. The molecule has 1 fully saturated rings. The molecule has 0 saturated carbocycles. The van der Waals surface area contributed by atoms with Gasteiger partial charge in [0.25, 0.3) is 0 Å². The van der Waals surface area contributed by atoms with Crippen LogP contribution < -0.4 is 5.73 Å². The minimum Gasteiger partial charge on any atom is -0.323 e. The summed E-state index contributed by atoms with van der Waals surface area (Å²) in [5.74, 6) is 2.39. The van der Waals surface area contributed by atoms with Gasteiger partial charge in [-0.15, -0.1) is 5.10 Å². The number of hydrogen-bond donors (Lipinski definition) is 1. The lowest BCUT2D eigenvalue weighted by Gasteiger charge is -2.06. The van der Waals surface area contributed by atoms with Crippen LogP contribution in [0.3, 0.4) is 0 Å². The van der Waals surface area contributed by atoms with Gasteiger partial charge >= 0.3 is 0 Å². The van der Waals surface area contributed by atoms with E-state index in [-0.39, 0.29) is 6.04 Å². The maximum Gasteiger partial charge on any atom is 0.0991 e. The van der Waals surface area contributed by atoms with E-state index in [0.29, 0.717) is 6.04 Å². The average Bonchev–Trinajstić information content (AvgIpc) is 2.75. The zero-order valence-electron chi connectivity index (χ0n) is 7.68. The number of thioether (sulfide) groups is 1. The van der Waals surface area contributed by atoms with Crippen LogP contribution in [0, 0.1) is 0 Å². The first-order valence-electron chi connectivity index (χ1n) is 4.52. The summed E-state index contributed by atoms with van der Waals surface area (Å²) in [5, 5.41) is 8.13. The lowest BCUT2D eigenvalue weighted by molar-refractivity contribution is 0.486. The monoisotopic (exact) mass is 198 g/mol. The van der Waals surface area contributed by atoms with Gasteiger partial charge in [-0.1, -0.05) is 5.21 Å². The van der Waals surface area contributed by atoms with Crippen molar-refractivity contribution in [1.82, 2.24) is 15.0 Å². The Morgan fingerprint density at radius 3 is 3.15 bits per heavy atom. The Labute approximate surface area is 81.9 Å². The Morgan fingerprint density at radius 2 is 2.62 bits per heavy atom. The van der Waals surface area contributed by atoms with Gasteiger partial charge in [-0.2, -0.15) is 11.8 Å². The average molecular weight is 198 g/mol. The van der Waals surface area contributed by atoms with Gasteiger partial charge in [-0.25, -0.2) is 4.68 Å². The van der Waals surface area contributed by atoms with Crippen LogP contribution in [0.1, 0.15) is 31.1 Å². The van der Waals surface area contributed by atoms with Crippen LogP contribution in [0.25, 0.3) is 0 Å². The largest absolute Gasteiger partial charge is 0.323 e. The normalized spacial score (nSPS) is 24.9. The van der Waals surface area contributed by atoms with Crippen molar-refractivity contribution < 1.29 is 0 Å².